The van der Waals surface area contributed by atoms with Crippen molar-refractivity contribution < 1.29 is 4.74 Å². The van der Waals surface area contributed by atoms with Crippen LogP contribution < -0.4 is 0 Å². The molecule has 0 bridgehead atoms. The van der Waals surface area contributed by atoms with E-state index >= 15 is 0 Å². The van der Waals surface area contributed by atoms with E-state index in [1.165, 1.54) is 0 Å². The molecule has 0 N–H and O–H groups in total. The van der Waals surface area contributed by atoms with Gasteiger partial charge in [0.15, 0.2) is 0 Å². The molecule has 0 aromatic heterocycles. The molecule has 0 aromatic rings. The fourth-order valence-corrected chi connectivity index (χ4v) is 0.570. The molecule has 6 heavy (non-hydrogen) atoms. The predicted molar refractivity (Wildman–Crippen MR) is 27.8 cm³/mol. The predicted octanol–water partition coefficient (Wildman–Crippen LogP) is 0.983. The summed E-state index contributed by atoms with van der Waals surface area (Å²) in [7, 11) is 0. The van der Waals surface area contributed by atoms with Crippen molar-refractivity contribution in [1.82, 2.24) is 0 Å². The van der Waals surface area contributed by atoms with Gasteiger partial charge in [0.25, 0.3) is 0 Å². The van der Waals surface area contributed by atoms with Crippen molar-refractivity contribution in [3.05, 3.63) is 6.92 Å². The standard InChI is InChI=1S/C4H6BrO/c1-3(5)4-2-6-4/h3-4H,1-2H2. The van der Waals surface area contributed by atoms with E-state index in [4.69, 9.17) is 4.74 Å². The minimum absolute atomic E-state index is 0.303. The Morgan fingerprint density at radius 2 is 2.50 bits per heavy atom. The zero-order valence-electron chi connectivity index (χ0n) is 3.36. The van der Waals surface area contributed by atoms with Gasteiger partial charge >= 0.3 is 0 Å². The van der Waals surface area contributed by atoms with Crippen LogP contribution in [0.15, 0.2) is 0 Å². The summed E-state index contributed by atoms with van der Waals surface area (Å²) in [5.41, 5.74) is 0. The van der Waals surface area contributed by atoms with Crippen LogP contribution in [-0.4, -0.2) is 17.5 Å². The van der Waals surface area contributed by atoms with Gasteiger partial charge in [-0.25, -0.2) is 0 Å². The van der Waals surface area contributed by atoms with Crippen LogP contribution in [-0.2, 0) is 4.74 Å². The van der Waals surface area contributed by atoms with E-state index in [1.54, 1.807) is 0 Å². The van der Waals surface area contributed by atoms with Crippen LogP contribution in [0, 0.1) is 6.92 Å². The van der Waals surface area contributed by atoms with E-state index in [1.807, 2.05) is 0 Å². The first-order valence-corrected chi connectivity index (χ1v) is 2.81. The molecule has 1 aliphatic rings. The average molecular weight is 150 g/mol. The molecular weight excluding hydrogens is 144 g/mol. The molecule has 1 nitrogen and oxygen atoms in total. The summed E-state index contributed by atoms with van der Waals surface area (Å²) < 4.78 is 4.86. The third kappa shape index (κ3) is 0.949. The summed E-state index contributed by atoms with van der Waals surface area (Å²) in [5, 5.41) is 0. The van der Waals surface area contributed by atoms with E-state index < -0.39 is 0 Å². The van der Waals surface area contributed by atoms with Gasteiger partial charge in [0.2, 0.25) is 0 Å². The SMILES string of the molecule is [CH2]C(Br)C1CO1. The first-order chi connectivity index (χ1) is 2.80. The molecule has 0 amide bonds. The maximum absolute atomic E-state index is 4.86. The van der Waals surface area contributed by atoms with Crippen molar-refractivity contribution in [3.8, 4) is 0 Å². The Labute approximate surface area is 45.8 Å². The molecule has 0 saturated carbocycles. The number of ether oxygens (including phenoxy) is 1. The molecule has 0 aromatic carbocycles. The maximum atomic E-state index is 4.86. The van der Waals surface area contributed by atoms with Crippen LogP contribution in [0.1, 0.15) is 0 Å². The fourth-order valence-electron chi connectivity index (χ4n) is 0.264. The molecule has 0 spiro atoms. The maximum Gasteiger partial charge on any atom is 0.0934 e. The molecule has 1 rings (SSSR count). The Balaban J connectivity index is 2.13. The summed E-state index contributed by atoms with van der Waals surface area (Å²) in [4.78, 5) is 0.303. The first kappa shape index (κ1) is 4.60. The van der Waals surface area contributed by atoms with Gasteiger partial charge in [-0.05, 0) is 6.92 Å². The fraction of sp³-hybridized carbons (Fsp3) is 0.750. The van der Waals surface area contributed by atoms with Crippen molar-refractivity contribution in [2.75, 3.05) is 6.61 Å². The lowest BCUT2D eigenvalue weighted by molar-refractivity contribution is 0.414. The topological polar surface area (TPSA) is 12.5 Å². The summed E-state index contributed by atoms with van der Waals surface area (Å²) in [5.74, 6) is 0. The number of hydrogen-bond acceptors (Lipinski definition) is 1. The lowest BCUT2D eigenvalue weighted by Gasteiger charge is -1.88. The second-order valence-corrected chi connectivity index (χ2v) is 2.56. The second-order valence-electron chi connectivity index (χ2n) is 1.39. The average Bonchev–Trinajstić information content (AvgIpc) is 2.06. The Morgan fingerprint density at radius 1 is 2.00 bits per heavy atom. The summed E-state index contributed by atoms with van der Waals surface area (Å²) in [6.07, 6.45) is 0.407. The van der Waals surface area contributed by atoms with Crippen molar-refractivity contribution in [2.24, 2.45) is 0 Å². The summed E-state index contributed by atoms with van der Waals surface area (Å²) in [6.45, 7) is 4.58. The number of halogens is 1. The Bertz CT molecular complexity index is 49.5. The molecule has 1 fully saturated rings. The first-order valence-electron chi connectivity index (χ1n) is 1.89. The normalized spacial score (nSPS) is 36.0. The van der Waals surface area contributed by atoms with E-state index in [9.17, 15) is 0 Å². The molecule has 1 saturated heterocycles. The van der Waals surface area contributed by atoms with Gasteiger partial charge < -0.3 is 4.74 Å². The highest BCUT2D eigenvalue weighted by molar-refractivity contribution is 9.09. The van der Waals surface area contributed by atoms with Crippen LogP contribution >= 0.6 is 15.9 Å². The smallest absolute Gasteiger partial charge is 0.0934 e. The van der Waals surface area contributed by atoms with Crippen LogP contribution in [0.25, 0.3) is 0 Å². The molecule has 1 radical (unpaired) electrons. The van der Waals surface area contributed by atoms with Crippen LogP contribution in [0.4, 0.5) is 0 Å². The van der Waals surface area contributed by atoms with Gasteiger partial charge in [0.1, 0.15) is 0 Å². The zero-order valence-corrected chi connectivity index (χ0v) is 4.94. The van der Waals surface area contributed by atoms with E-state index in [0.29, 0.717) is 10.9 Å². The van der Waals surface area contributed by atoms with E-state index in [0.717, 1.165) is 6.61 Å². The zero-order chi connectivity index (χ0) is 4.57. The second kappa shape index (κ2) is 1.51. The third-order valence-electron chi connectivity index (χ3n) is 0.763. The quantitative estimate of drug-likeness (QED) is 0.401. The van der Waals surface area contributed by atoms with Gasteiger partial charge in [0.05, 0.1) is 12.7 Å². The van der Waals surface area contributed by atoms with Crippen LogP contribution in [0.3, 0.4) is 0 Å². The highest BCUT2D eigenvalue weighted by Gasteiger charge is 2.26. The van der Waals surface area contributed by atoms with Crippen molar-refractivity contribution in [3.63, 3.8) is 0 Å². The Kier molecular flexibility index (Phi) is 1.15. The lowest BCUT2D eigenvalue weighted by Crippen LogP contribution is -1.98. The van der Waals surface area contributed by atoms with Gasteiger partial charge in [-0.2, -0.15) is 0 Å². The highest BCUT2D eigenvalue weighted by Crippen LogP contribution is 2.18. The monoisotopic (exact) mass is 149 g/mol. The number of epoxide rings is 1. The highest BCUT2D eigenvalue weighted by atomic mass is 79.9. The van der Waals surface area contributed by atoms with Crippen molar-refractivity contribution >= 4 is 15.9 Å². The van der Waals surface area contributed by atoms with Gasteiger partial charge in [0, 0.05) is 4.83 Å². The number of alkyl halides is 1. The largest absolute Gasteiger partial charge is 0.372 e. The molecule has 0 aliphatic carbocycles. The van der Waals surface area contributed by atoms with E-state index in [2.05, 4.69) is 22.9 Å². The minimum atomic E-state index is 0.303. The van der Waals surface area contributed by atoms with Crippen molar-refractivity contribution in [2.45, 2.75) is 10.9 Å². The molecule has 2 heteroatoms. The number of rotatable bonds is 1. The lowest BCUT2D eigenvalue weighted by atomic mass is 10.4. The Hall–Kier alpha value is 0.440. The van der Waals surface area contributed by atoms with Gasteiger partial charge in [-0.3, -0.25) is 0 Å². The molecule has 35 valence electrons. The van der Waals surface area contributed by atoms with Crippen LogP contribution in [0.5, 0.6) is 0 Å². The summed E-state index contributed by atoms with van der Waals surface area (Å²) >= 11 is 3.27. The molecule has 1 aliphatic heterocycles. The van der Waals surface area contributed by atoms with Gasteiger partial charge in [-0.15, -0.1) is 0 Å². The van der Waals surface area contributed by atoms with E-state index in [-0.39, 0.29) is 0 Å². The number of hydrogen-bond donors (Lipinski definition) is 0. The molecule has 2 unspecified atom stereocenters. The third-order valence-corrected chi connectivity index (χ3v) is 1.35. The molecule has 1 heterocycles. The Morgan fingerprint density at radius 3 is 2.50 bits per heavy atom. The molecule has 2 atom stereocenters. The minimum Gasteiger partial charge on any atom is -0.372 e. The van der Waals surface area contributed by atoms with Crippen LogP contribution in [0.2, 0.25) is 0 Å². The summed E-state index contributed by atoms with van der Waals surface area (Å²) in [6, 6.07) is 0. The van der Waals surface area contributed by atoms with Gasteiger partial charge in [-0.1, -0.05) is 15.9 Å². The van der Waals surface area contributed by atoms with Crippen molar-refractivity contribution in [1.29, 1.82) is 0 Å². The molecular formula is C4H6BrO.